The molecule has 0 saturated carbocycles. The summed E-state index contributed by atoms with van der Waals surface area (Å²) in [4.78, 5) is 51.8. The van der Waals surface area contributed by atoms with Gasteiger partial charge in [0.05, 0.1) is 16.4 Å². The number of ketones is 1. The van der Waals surface area contributed by atoms with Crippen LogP contribution in [0.4, 0.5) is 10.5 Å². The number of Topliss-reactive ketones (excluding diaryl/α,β-unsaturated/α-hetero) is 1. The second-order valence-electron chi connectivity index (χ2n) is 9.07. The highest BCUT2D eigenvalue weighted by Crippen LogP contribution is 2.34. The molecule has 0 atom stereocenters. The number of carbonyl (C=O) groups is 3. The largest absolute Gasteiger partial charge is 0.318 e. The highest BCUT2D eigenvalue weighted by atomic mass is 32.2. The summed E-state index contributed by atoms with van der Waals surface area (Å²) in [5.41, 5.74) is 4.11. The van der Waals surface area contributed by atoms with Gasteiger partial charge in [0.15, 0.2) is 5.78 Å². The minimum absolute atomic E-state index is 0.0551. The van der Waals surface area contributed by atoms with Crippen molar-refractivity contribution in [1.29, 1.82) is 0 Å². The van der Waals surface area contributed by atoms with Crippen LogP contribution in [0, 0.1) is 24.0 Å². The summed E-state index contributed by atoms with van der Waals surface area (Å²) in [5, 5.41) is 10.4. The number of thioether (sulfide) groups is 1. The third-order valence-electron chi connectivity index (χ3n) is 6.41. The Kier molecular flexibility index (Phi) is 7.72. The Morgan fingerprint density at radius 2 is 1.57 bits per heavy atom. The number of amides is 2. The number of nitro groups is 1. The molecule has 8 nitrogen and oxygen atoms in total. The fourth-order valence-corrected chi connectivity index (χ4v) is 6.05. The number of non-ortho nitro benzene ring substituents is 1. The monoisotopic (exact) mass is 569 g/mol. The van der Waals surface area contributed by atoms with E-state index in [9.17, 15) is 24.5 Å². The molecule has 3 aromatic carbocycles. The molecule has 1 aliphatic rings. The van der Waals surface area contributed by atoms with Crippen LogP contribution < -0.4 is 0 Å². The minimum atomic E-state index is -0.475. The number of hydrogen-bond donors (Lipinski definition) is 0. The number of rotatable bonds is 8. The Balaban J connectivity index is 1.32. The van der Waals surface area contributed by atoms with Gasteiger partial charge in [-0.2, -0.15) is 0 Å². The van der Waals surface area contributed by atoms with Crippen LogP contribution in [0.3, 0.4) is 0 Å². The Morgan fingerprint density at radius 3 is 2.20 bits per heavy atom. The maximum Gasteiger partial charge on any atom is 0.293 e. The Bertz CT molecular complexity index is 1660. The number of imide groups is 1. The predicted octanol–water partition coefficient (Wildman–Crippen LogP) is 7.07. The van der Waals surface area contributed by atoms with Crippen molar-refractivity contribution >= 4 is 52.2 Å². The molecule has 1 aromatic heterocycles. The van der Waals surface area contributed by atoms with Crippen molar-refractivity contribution in [3.63, 3.8) is 0 Å². The number of nitrogens with zero attached hydrogens (tertiary/aromatic N) is 3. The lowest BCUT2D eigenvalue weighted by Crippen LogP contribution is -2.33. The Labute approximate surface area is 238 Å². The van der Waals surface area contributed by atoms with Crippen molar-refractivity contribution in [2.75, 3.05) is 6.54 Å². The van der Waals surface area contributed by atoms with Crippen molar-refractivity contribution in [3.05, 3.63) is 122 Å². The molecule has 2 heterocycles. The van der Waals surface area contributed by atoms with E-state index in [2.05, 4.69) is 4.57 Å². The third-order valence-corrected chi connectivity index (χ3v) is 8.33. The lowest BCUT2D eigenvalue weighted by Gasteiger charge is -2.11. The van der Waals surface area contributed by atoms with Crippen LogP contribution in [0.15, 0.2) is 99.6 Å². The molecular weight excluding hydrogens is 546 g/mol. The van der Waals surface area contributed by atoms with Crippen molar-refractivity contribution in [2.24, 2.45) is 0 Å². The third kappa shape index (κ3) is 5.63. The van der Waals surface area contributed by atoms with E-state index in [-0.39, 0.29) is 22.9 Å². The van der Waals surface area contributed by atoms with Crippen molar-refractivity contribution in [2.45, 2.75) is 23.6 Å². The van der Waals surface area contributed by atoms with Gasteiger partial charge in [-0.1, -0.05) is 42.1 Å². The summed E-state index contributed by atoms with van der Waals surface area (Å²) in [6, 6.07) is 24.9. The summed E-state index contributed by atoms with van der Waals surface area (Å²) in [7, 11) is 0. The van der Waals surface area contributed by atoms with E-state index >= 15 is 0 Å². The second-order valence-corrected chi connectivity index (χ2v) is 11.2. The van der Waals surface area contributed by atoms with Crippen LogP contribution in [0.5, 0.6) is 0 Å². The van der Waals surface area contributed by atoms with E-state index in [1.807, 2.05) is 44.2 Å². The molecule has 40 heavy (non-hydrogen) atoms. The minimum Gasteiger partial charge on any atom is -0.318 e. The number of benzene rings is 3. The van der Waals surface area contributed by atoms with Gasteiger partial charge in [0.1, 0.15) is 0 Å². The van der Waals surface area contributed by atoms with E-state index in [4.69, 9.17) is 0 Å². The van der Waals surface area contributed by atoms with Crippen LogP contribution in [0.1, 0.15) is 27.3 Å². The number of aryl methyl sites for hydroxylation is 1. The van der Waals surface area contributed by atoms with Crippen LogP contribution in [-0.2, 0) is 4.79 Å². The molecule has 0 bridgehead atoms. The van der Waals surface area contributed by atoms with E-state index in [0.29, 0.717) is 5.56 Å². The maximum atomic E-state index is 13.0. The zero-order valence-corrected chi connectivity index (χ0v) is 23.2. The molecule has 1 aliphatic heterocycles. The molecule has 10 heteroatoms. The van der Waals surface area contributed by atoms with Gasteiger partial charge in [-0.05, 0) is 79.7 Å². The van der Waals surface area contributed by atoms with Gasteiger partial charge < -0.3 is 4.57 Å². The molecule has 0 aliphatic carbocycles. The fourth-order valence-electron chi connectivity index (χ4n) is 4.40. The molecule has 1 fully saturated rings. The normalized spacial score (nSPS) is 14.2. The summed E-state index contributed by atoms with van der Waals surface area (Å²) >= 11 is 2.34. The molecule has 0 radical (unpaired) electrons. The van der Waals surface area contributed by atoms with E-state index in [1.54, 1.807) is 48.5 Å². The lowest BCUT2D eigenvalue weighted by molar-refractivity contribution is -0.384. The smallest absolute Gasteiger partial charge is 0.293 e. The average Bonchev–Trinajstić information content (AvgIpc) is 3.38. The summed E-state index contributed by atoms with van der Waals surface area (Å²) in [6.07, 6.45) is 1.70. The van der Waals surface area contributed by atoms with Crippen LogP contribution in [0.25, 0.3) is 11.8 Å². The molecule has 1 saturated heterocycles. The van der Waals surface area contributed by atoms with Gasteiger partial charge in [0.25, 0.3) is 16.8 Å². The summed E-state index contributed by atoms with van der Waals surface area (Å²) < 4.78 is 2.06. The van der Waals surface area contributed by atoms with E-state index < -0.39 is 16.1 Å². The quantitative estimate of drug-likeness (QED) is 0.0967. The highest BCUT2D eigenvalue weighted by molar-refractivity contribution is 8.18. The number of nitro benzene ring substituents is 1. The van der Waals surface area contributed by atoms with Gasteiger partial charge in [0, 0.05) is 44.6 Å². The van der Waals surface area contributed by atoms with Gasteiger partial charge in [-0.25, -0.2) is 0 Å². The molecular formula is C30H23N3O5S2. The second kappa shape index (κ2) is 11.4. The molecule has 4 aromatic rings. The van der Waals surface area contributed by atoms with Gasteiger partial charge in [-0.3, -0.25) is 29.4 Å². The van der Waals surface area contributed by atoms with Gasteiger partial charge >= 0.3 is 0 Å². The van der Waals surface area contributed by atoms with Crippen LogP contribution in [-0.4, -0.2) is 37.9 Å². The average molecular weight is 570 g/mol. The van der Waals surface area contributed by atoms with Crippen LogP contribution >= 0.6 is 23.5 Å². The summed E-state index contributed by atoms with van der Waals surface area (Å²) in [5.74, 6) is -0.769. The lowest BCUT2D eigenvalue weighted by atomic mass is 10.1. The van der Waals surface area contributed by atoms with E-state index in [0.717, 1.165) is 49.1 Å². The fraction of sp³-hybridized carbons (Fsp3) is 0.100. The number of hydrogen-bond acceptors (Lipinski definition) is 7. The molecule has 200 valence electrons. The first-order chi connectivity index (χ1) is 19.2. The molecule has 5 rings (SSSR count). The SMILES string of the molecule is Cc1cc(/C=C2\SC(=O)N(CC(=O)c3ccccc3)C2=O)c(C)n1-c1ccc(Sc2ccc([N+](=O)[O-])cc2)cc1. The first-order valence-electron chi connectivity index (χ1n) is 12.3. The Morgan fingerprint density at radius 1 is 0.950 bits per heavy atom. The van der Waals surface area contributed by atoms with Gasteiger partial charge in [0.2, 0.25) is 0 Å². The van der Waals surface area contributed by atoms with Crippen molar-refractivity contribution < 1.29 is 19.3 Å². The van der Waals surface area contributed by atoms with E-state index in [1.165, 1.54) is 23.9 Å². The van der Waals surface area contributed by atoms with Crippen molar-refractivity contribution in [1.82, 2.24) is 9.47 Å². The standard InChI is InChI=1S/C30H23N3O5S2/c1-19-16-22(17-28-29(35)31(30(36)40-28)18-27(34)21-6-4-3-5-7-21)20(2)32(19)23-8-12-25(13-9-23)39-26-14-10-24(11-15-26)33(37)38/h3-17H,18H2,1-2H3/b28-17-. The first kappa shape index (κ1) is 27.2. The predicted molar refractivity (Wildman–Crippen MR) is 156 cm³/mol. The summed E-state index contributed by atoms with van der Waals surface area (Å²) in [6.45, 7) is 3.62. The highest BCUT2D eigenvalue weighted by Gasteiger charge is 2.36. The zero-order chi connectivity index (χ0) is 28.4. The van der Waals surface area contributed by atoms with Crippen molar-refractivity contribution in [3.8, 4) is 5.69 Å². The zero-order valence-electron chi connectivity index (χ0n) is 21.6. The molecule has 0 unspecified atom stereocenters. The van der Waals surface area contributed by atoms with Gasteiger partial charge in [-0.15, -0.1) is 0 Å². The molecule has 0 spiro atoms. The topological polar surface area (TPSA) is 103 Å². The first-order valence-corrected chi connectivity index (χ1v) is 13.9. The maximum absolute atomic E-state index is 13.0. The molecule has 2 amide bonds. The number of carbonyl (C=O) groups excluding carboxylic acids is 3. The number of aromatic nitrogens is 1. The van der Waals surface area contributed by atoms with Crippen LogP contribution in [0.2, 0.25) is 0 Å². The molecule has 0 N–H and O–H groups in total. The Hall–Kier alpha value is -4.41.